The third-order valence-electron chi connectivity index (χ3n) is 2.85. The van der Waals surface area contributed by atoms with Gasteiger partial charge in [-0.2, -0.15) is 0 Å². The van der Waals surface area contributed by atoms with Gasteiger partial charge in [0.25, 0.3) is 0 Å². The number of nitrogens with one attached hydrogen (secondary N) is 1. The number of aliphatic hydroxyl groups is 2. The maximum absolute atomic E-state index is 12.3. The lowest BCUT2D eigenvalue weighted by Gasteiger charge is -2.20. The monoisotopic (exact) mass is 335 g/mol. The lowest BCUT2D eigenvalue weighted by atomic mass is 10.1. The van der Waals surface area contributed by atoms with Crippen LogP contribution < -0.4 is 10.1 Å². The molecule has 0 fully saturated rings. The summed E-state index contributed by atoms with van der Waals surface area (Å²) in [4.78, 5) is 23.3. The van der Waals surface area contributed by atoms with Gasteiger partial charge in [-0.25, -0.2) is 0 Å². The summed E-state index contributed by atoms with van der Waals surface area (Å²) in [7, 11) is 0. The second-order valence-corrected chi connectivity index (χ2v) is 4.74. The van der Waals surface area contributed by atoms with E-state index in [9.17, 15) is 27.9 Å². The number of benzene rings is 1. The first-order valence-corrected chi connectivity index (χ1v) is 6.58. The zero-order valence-corrected chi connectivity index (χ0v) is 12.1. The van der Waals surface area contributed by atoms with Crippen LogP contribution in [0.25, 0.3) is 0 Å². The highest BCUT2D eigenvalue weighted by Gasteiger charge is 2.32. The largest absolute Gasteiger partial charge is 0.573 e. The molecule has 2 atom stereocenters. The van der Waals surface area contributed by atoms with Gasteiger partial charge in [0.1, 0.15) is 18.4 Å². The van der Waals surface area contributed by atoms with E-state index in [0.29, 0.717) is 0 Å². The number of amides is 1. The van der Waals surface area contributed by atoms with Gasteiger partial charge in [-0.3, -0.25) is 9.59 Å². The van der Waals surface area contributed by atoms with E-state index in [1.165, 1.54) is 25.1 Å². The van der Waals surface area contributed by atoms with E-state index < -0.39 is 49.0 Å². The Morgan fingerprint density at radius 2 is 1.91 bits per heavy atom. The molecule has 0 saturated heterocycles. The Labute approximate surface area is 129 Å². The maximum Gasteiger partial charge on any atom is 0.573 e. The number of ether oxygens (including phenoxy) is 1. The van der Waals surface area contributed by atoms with Crippen LogP contribution in [0.3, 0.4) is 0 Å². The first kappa shape index (κ1) is 18.9. The van der Waals surface area contributed by atoms with Gasteiger partial charge in [-0.05, 0) is 13.0 Å². The number of ketones is 1. The van der Waals surface area contributed by atoms with Crippen LogP contribution in [0.5, 0.6) is 5.75 Å². The fraction of sp³-hybridized carbons (Fsp3) is 0.429. The maximum atomic E-state index is 12.3. The van der Waals surface area contributed by atoms with Crippen molar-refractivity contribution in [3.63, 3.8) is 0 Å². The second-order valence-electron chi connectivity index (χ2n) is 4.74. The fourth-order valence-corrected chi connectivity index (χ4v) is 1.84. The van der Waals surface area contributed by atoms with Gasteiger partial charge in [-0.1, -0.05) is 18.2 Å². The van der Waals surface area contributed by atoms with Crippen molar-refractivity contribution in [3.8, 4) is 5.75 Å². The smallest absolute Gasteiger partial charge is 0.405 e. The van der Waals surface area contributed by atoms with E-state index >= 15 is 0 Å². The van der Waals surface area contributed by atoms with Gasteiger partial charge in [0.15, 0.2) is 5.78 Å². The van der Waals surface area contributed by atoms with Gasteiger partial charge < -0.3 is 20.3 Å². The molecule has 0 aliphatic heterocycles. The average molecular weight is 335 g/mol. The summed E-state index contributed by atoms with van der Waals surface area (Å²) in [5.41, 5.74) is -0.0388. The van der Waals surface area contributed by atoms with E-state index in [2.05, 4.69) is 10.1 Å². The lowest BCUT2D eigenvalue weighted by Crippen LogP contribution is -2.49. The van der Waals surface area contributed by atoms with E-state index in [1.807, 2.05) is 0 Å². The quantitative estimate of drug-likeness (QED) is 0.676. The van der Waals surface area contributed by atoms with Crippen molar-refractivity contribution in [3.05, 3.63) is 29.8 Å². The van der Waals surface area contributed by atoms with Crippen molar-refractivity contribution in [2.24, 2.45) is 0 Å². The second kappa shape index (κ2) is 7.93. The van der Waals surface area contributed by atoms with E-state index in [0.717, 1.165) is 6.07 Å². The Balaban J connectivity index is 2.83. The van der Waals surface area contributed by atoms with Crippen molar-refractivity contribution in [2.45, 2.75) is 31.9 Å². The van der Waals surface area contributed by atoms with Crippen molar-refractivity contribution < 1.29 is 37.7 Å². The zero-order chi connectivity index (χ0) is 17.6. The van der Waals surface area contributed by atoms with Crippen LogP contribution in [0.4, 0.5) is 13.2 Å². The number of carbonyl (C=O) groups is 2. The molecule has 1 aromatic rings. The van der Waals surface area contributed by atoms with Crippen LogP contribution in [-0.4, -0.2) is 47.0 Å². The Morgan fingerprint density at radius 1 is 1.30 bits per heavy atom. The van der Waals surface area contributed by atoms with Gasteiger partial charge in [0.2, 0.25) is 5.91 Å². The summed E-state index contributed by atoms with van der Waals surface area (Å²) < 4.78 is 40.7. The molecule has 1 amide bonds. The van der Waals surface area contributed by atoms with Crippen molar-refractivity contribution in [1.29, 1.82) is 0 Å². The Kier molecular flexibility index (Phi) is 6.52. The third kappa shape index (κ3) is 6.25. The number of aliphatic hydroxyl groups excluding tert-OH is 2. The van der Waals surface area contributed by atoms with Gasteiger partial charge in [0, 0.05) is 5.56 Å². The highest BCUT2D eigenvalue weighted by molar-refractivity contribution is 5.90. The van der Waals surface area contributed by atoms with Crippen LogP contribution in [0, 0.1) is 0 Å². The summed E-state index contributed by atoms with van der Waals surface area (Å²) in [5, 5.41) is 20.4. The van der Waals surface area contributed by atoms with E-state index in [-0.39, 0.29) is 5.56 Å². The first-order valence-electron chi connectivity index (χ1n) is 6.58. The minimum absolute atomic E-state index is 0.0388. The van der Waals surface area contributed by atoms with Gasteiger partial charge >= 0.3 is 6.36 Å². The predicted molar refractivity (Wildman–Crippen MR) is 72.5 cm³/mol. The number of carbonyl (C=O) groups excluding carboxylic acids is 2. The van der Waals surface area contributed by atoms with E-state index in [4.69, 9.17) is 5.11 Å². The number of rotatable bonds is 7. The van der Waals surface area contributed by atoms with E-state index in [1.54, 1.807) is 0 Å². The Hall–Kier alpha value is -2.13. The molecule has 0 spiro atoms. The Morgan fingerprint density at radius 3 is 2.43 bits per heavy atom. The molecule has 23 heavy (non-hydrogen) atoms. The summed E-state index contributed by atoms with van der Waals surface area (Å²) in [5.74, 6) is -2.14. The minimum atomic E-state index is -4.90. The molecule has 6 nitrogen and oxygen atoms in total. The van der Waals surface area contributed by atoms with Crippen LogP contribution in [0.2, 0.25) is 0 Å². The number of hydrogen-bond acceptors (Lipinski definition) is 5. The van der Waals surface area contributed by atoms with Gasteiger partial charge in [0.05, 0.1) is 12.5 Å². The molecule has 3 N–H and O–H groups in total. The SMILES string of the molecule is C[C@@H](O)[C@H](NC(=O)Cc1ccccc1OC(F)(F)F)C(=O)CO. The molecular formula is C14H16F3NO5. The van der Waals surface area contributed by atoms with Crippen LogP contribution in [0.15, 0.2) is 24.3 Å². The third-order valence-corrected chi connectivity index (χ3v) is 2.85. The molecule has 128 valence electrons. The molecule has 0 heterocycles. The average Bonchev–Trinajstić information content (AvgIpc) is 2.44. The molecule has 0 aliphatic rings. The van der Waals surface area contributed by atoms with Gasteiger partial charge in [-0.15, -0.1) is 13.2 Å². The predicted octanol–water partition coefficient (Wildman–Crippen LogP) is 0.555. The van der Waals surface area contributed by atoms with Crippen LogP contribution in [-0.2, 0) is 16.0 Å². The fourth-order valence-electron chi connectivity index (χ4n) is 1.84. The number of para-hydroxylation sites is 1. The molecule has 9 heteroatoms. The van der Waals surface area contributed by atoms with Crippen LogP contribution >= 0.6 is 0 Å². The molecule has 0 saturated carbocycles. The van der Waals surface area contributed by atoms with Crippen LogP contribution in [0.1, 0.15) is 12.5 Å². The highest BCUT2D eigenvalue weighted by Crippen LogP contribution is 2.26. The summed E-state index contributed by atoms with van der Waals surface area (Å²) in [6.07, 6.45) is -6.66. The number of hydrogen-bond donors (Lipinski definition) is 3. The Bertz CT molecular complexity index is 560. The lowest BCUT2D eigenvalue weighted by molar-refractivity contribution is -0.274. The number of Topliss-reactive ketones (excluding diaryl/α,β-unsaturated/α-hetero) is 1. The summed E-state index contributed by atoms with van der Waals surface area (Å²) in [6, 6.07) is 3.73. The molecule has 0 radical (unpaired) electrons. The molecule has 1 rings (SSSR count). The molecule has 0 aliphatic carbocycles. The molecule has 0 unspecified atom stereocenters. The standard InChI is InChI=1S/C14H16F3NO5/c1-8(20)13(10(21)7-19)18-12(22)6-9-4-2-3-5-11(9)23-14(15,16)17/h2-5,8,13,19-20H,6-7H2,1H3,(H,18,22)/t8-,13+/m1/s1. The molecule has 1 aromatic carbocycles. The topological polar surface area (TPSA) is 95.9 Å². The first-order chi connectivity index (χ1) is 10.6. The summed E-state index contributed by atoms with van der Waals surface area (Å²) >= 11 is 0. The summed E-state index contributed by atoms with van der Waals surface area (Å²) in [6.45, 7) is 0.350. The molecule has 0 aromatic heterocycles. The van der Waals surface area contributed by atoms with Crippen molar-refractivity contribution >= 4 is 11.7 Å². The molecule has 0 bridgehead atoms. The molecular weight excluding hydrogens is 319 g/mol. The number of alkyl halides is 3. The van der Waals surface area contributed by atoms with Crippen molar-refractivity contribution in [2.75, 3.05) is 6.61 Å². The highest BCUT2D eigenvalue weighted by atomic mass is 19.4. The normalized spacial score (nSPS) is 14.0. The van der Waals surface area contributed by atoms with Crippen molar-refractivity contribution in [1.82, 2.24) is 5.32 Å². The number of halogens is 3. The minimum Gasteiger partial charge on any atom is -0.405 e. The zero-order valence-electron chi connectivity index (χ0n) is 12.1.